The molecule has 3 aliphatic heterocycles. The number of halogens is 4. The quantitative estimate of drug-likeness (QED) is 0.185. The summed E-state index contributed by atoms with van der Waals surface area (Å²) in [5, 5.41) is 17.3. The molecule has 3 atom stereocenters. The summed E-state index contributed by atoms with van der Waals surface area (Å²) in [6.07, 6.45) is 6.11. The van der Waals surface area contributed by atoms with Gasteiger partial charge in [0.1, 0.15) is 53.7 Å². The van der Waals surface area contributed by atoms with Gasteiger partial charge in [0.15, 0.2) is 5.82 Å². The number of nitrogens with zero attached hydrogens (tertiary/aromatic N) is 8. The fourth-order valence-electron chi connectivity index (χ4n) is 8.14. The molecule has 5 aromatic rings. The third kappa shape index (κ3) is 6.04. The lowest BCUT2D eigenvalue weighted by Gasteiger charge is -2.35. The summed E-state index contributed by atoms with van der Waals surface area (Å²) in [6.45, 7) is 2.87. The Labute approximate surface area is 305 Å². The van der Waals surface area contributed by atoms with Gasteiger partial charge in [-0.25, -0.2) is 22.9 Å². The molecule has 3 fully saturated rings. The van der Waals surface area contributed by atoms with Gasteiger partial charge in [0.2, 0.25) is 0 Å². The van der Waals surface area contributed by atoms with Crippen LogP contribution in [0.5, 0.6) is 6.01 Å². The molecule has 2 aromatic carbocycles. The smallest absolute Gasteiger partial charge is 0.343 e. The molecule has 3 saturated heterocycles. The number of benzene rings is 2. The number of ether oxygens (including phenoxy) is 1. The van der Waals surface area contributed by atoms with Crippen LogP contribution in [0.3, 0.4) is 0 Å². The van der Waals surface area contributed by atoms with Crippen molar-refractivity contribution in [2.24, 2.45) is 5.92 Å². The number of anilines is 2. The number of thiophene rings is 1. The Morgan fingerprint density at radius 1 is 1.23 bits per heavy atom. The van der Waals surface area contributed by atoms with E-state index in [1.807, 2.05) is 6.07 Å². The number of hydrogen-bond donors (Lipinski definition) is 2. The number of nitriles is 1. The van der Waals surface area contributed by atoms with E-state index in [2.05, 4.69) is 30.2 Å². The summed E-state index contributed by atoms with van der Waals surface area (Å²) >= 11 is 7.80. The van der Waals surface area contributed by atoms with E-state index in [-0.39, 0.29) is 66.9 Å². The average Bonchev–Trinajstić information content (AvgIpc) is 3.92. The molecule has 6 heterocycles. The standard InChI is InChI=1S/C35H34ClF3N10O2S/c36-24-11-22-29(28(39)27(24)21-4-5-25(38)30-26(21)23(13-40)31(41)52-30)45-33(51-16-35-7-2-10-48(35)15-20(37)12-35)46-32(22)47-9-1-3-19(14-47)6-8-43-34(50)49-18-42-17-44-49/h4-5,11,17-20H,1-3,6-10,12,14-16,41H2,(H,43,50)/t19-,20+,35-/m0/s1. The second-order valence-electron chi connectivity index (χ2n) is 13.7. The highest BCUT2D eigenvalue weighted by molar-refractivity contribution is 7.23. The van der Waals surface area contributed by atoms with Gasteiger partial charge in [0.05, 0.1) is 20.8 Å². The number of nitrogens with one attached hydrogen (secondary N) is 1. The molecular formula is C35H34ClF3N10O2S. The molecule has 0 radical (unpaired) electrons. The molecular weight excluding hydrogens is 717 g/mol. The van der Waals surface area contributed by atoms with Gasteiger partial charge in [-0.1, -0.05) is 17.7 Å². The van der Waals surface area contributed by atoms with E-state index in [4.69, 9.17) is 27.1 Å². The summed E-state index contributed by atoms with van der Waals surface area (Å²) in [6, 6.07) is 5.78. The van der Waals surface area contributed by atoms with Crippen molar-refractivity contribution < 1.29 is 22.7 Å². The Balaban J connectivity index is 1.17. The normalized spacial score (nSPS) is 21.9. The Hall–Kier alpha value is -4.72. The Morgan fingerprint density at radius 2 is 2.10 bits per heavy atom. The molecule has 0 aliphatic carbocycles. The Morgan fingerprint density at radius 3 is 2.90 bits per heavy atom. The van der Waals surface area contributed by atoms with Crippen molar-refractivity contribution in [2.75, 3.05) is 50.0 Å². The molecule has 3 aliphatic rings. The zero-order valence-corrected chi connectivity index (χ0v) is 29.5. The second-order valence-corrected chi connectivity index (χ2v) is 15.2. The van der Waals surface area contributed by atoms with Crippen molar-refractivity contribution >= 4 is 60.8 Å². The van der Waals surface area contributed by atoms with Gasteiger partial charge < -0.3 is 20.7 Å². The van der Waals surface area contributed by atoms with Gasteiger partial charge in [-0.15, -0.1) is 11.3 Å². The van der Waals surface area contributed by atoms with Crippen molar-refractivity contribution in [2.45, 2.75) is 50.2 Å². The third-order valence-corrected chi connectivity index (χ3v) is 11.9. The fraction of sp³-hybridized carbons (Fsp3) is 0.429. The first kappa shape index (κ1) is 34.4. The average molecular weight is 751 g/mol. The van der Waals surface area contributed by atoms with E-state index >= 15 is 4.39 Å². The topological polar surface area (TPSA) is 151 Å². The van der Waals surface area contributed by atoms with Crippen LogP contribution in [0.25, 0.3) is 32.1 Å². The van der Waals surface area contributed by atoms with Gasteiger partial charge in [0, 0.05) is 48.9 Å². The predicted molar refractivity (Wildman–Crippen MR) is 191 cm³/mol. The van der Waals surface area contributed by atoms with Crippen LogP contribution in [0.2, 0.25) is 5.02 Å². The van der Waals surface area contributed by atoms with Gasteiger partial charge in [-0.3, -0.25) is 4.90 Å². The lowest BCUT2D eigenvalue weighted by Crippen LogP contribution is -2.43. The number of fused-ring (bicyclic) bond motifs is 3. The highest BCUT2D eigenvalue weighted by atomic mass is 35.5. The minimum absolute atomic E-state index is 0.0231. The number of carbonyl (C=O) groups is 1. The molecule has 0 unspecified atom stereocenters. The van der Waals surface area contributed by atoms with E-state index in [1.54, 1.807) is 6.07 Å². The predicted octanol–water partition coefficient (Wildman–Crippen LogP) is 6.31. The van der Waals surface area contributed by atoms with Crippen molar-refractivity contribution in [1.29, 1.82) is 5.26 Å². The first-order valence-electron chi connectivity index (χ1n) is 17.2. The zero-order chi connectivity index (χ0) is 36.1. The van der Waals surface area contributed by atoms with E-state index in [1.165, 1.54) is 24.8 Å². The van der Waals surface area contributed by atoms with Crippen LogP contribution in [-0.2, 0) is 0 Å². The lowest BCUT2D eigenvalue weighted by atomic mass is 9.94. The molecule has 0 saturated carbocycles. The number of carbonyl (C=O) groups excluding carboxylic acids is 1. The molecule has 0 spiro atoms. The van der Waals surface area contributed by atoms with Crippen LogP contribution in [0.15, 0.2) is 30.9 Å². The fourth-order valence-corrected chi connectivity index (χ4v) is 9.38. The van der Waals surface area contributed by atoms with Crippen molar-refractivity contribution in [3.05, 3.63) is 53.1 Å². The number of nitrogens with two attached hydrogens (primary N) is 1. The summed E-state index contributed by atoms with van der Waals surface area (Å²) in [5.41, 5.74) is 5.73. The van der Waals surface area contributed by atoms with Gasteiger partial charge in [0.25, 0.3) is 0 Å². The molecule has 0 bridgehead atoms. The van der Waals surface area contributed by atoms with E-state index in [9.17, 15) is 18.8 Å². The molecule has 270 valence electrons. The number of rotatable bonds is 8. The maximum atomic E-state index is 17.1. The van der Waals surface area contributed by atoms with Crippen molar-refractivity contribution in [1.82, 2.24) is 34.9 Å². The second kappa shape index (κ2) is 13.7. The molecule has 8 rings (SSSR count). The monoisotopic (exact) mass is 750 g/mol. The summed E-state index contributed by atoms with van der Waals surface area (Å²) < 4.78 is 54.1. The van der Waals surface area contributed by atoms with Gasteiger partial charge >= 0.3 is 12.0 Å². The zero-order valence-electron chi connectivity index (χ0n) is 27.9. The van der Waals surface area contributed by atoms with E-state index < -0.39 is 23.3 Å². The highest BCUT2D eigenvalue weighted by Crippen LogP contribution is 2.46. The van der Waals surface area contributed by atoms with Crippen LogP contribution in [0, 0.1) is 28.9 Å². The van der Waals surface area contributed by atoms with Crippen molar-refractivity contribution in [3.8, 4) is 23.2 Å². The van der Waals surface area contributed by atoms with Crippen LogP contribution < -0.4 is 20.7 Å². The minimum atomic E-state index is -0.956. The molecule has 52 heavy (non-hydrogen) atoms. The summed E-state index contributed by atoms with van der Waals surface area (Å²) in [4.78, 5) is 29.8. The number of piperidine rings is 1. The summed E-state index contributed by atoms with van der Waals surface area (Å²) in [5.74, 6) is -0.770. The van der Waals surface area contributed by atoms with Gasteiger partial charge in [-0.05, 0) is 62.3 Å². The Kier molecular flexibility index (Phi) is 9.04. The number of alkyl halides is 1. The van der Waals surface area contributed by atoms with E-state index in [0.717, 1.165) is 48.2 Å². The van der Waals surface area contributed by atoms with Crippen molar-refractivity contribution in [3.63, 3.8) is 0 Å². The van der Waals surface area contributed by atoms with Crippen LogP contribution >= 0.6 is 22.9 Å². The maximum Gasteiger partial charge on any atom is 0.343 e. The molecule has 3 aromatic heterocycles. The van der Waals surface area contributed by atoms with E-state index in [0.29, 0.717) is 50.2 Å². The molecule has 1 amide bonds. The molecule has 17 heteroatoms. The number of aromatic nitrogens is 5. The van der Waals surface area contributed by atoms with Gasteiger partial charge in [-0.2, -0.15) is 25.0 Å². The van der Waals surface area contributed by atoms with Crippen LogP contribution in [-0.4, -0.2) is 86.7 Å². The lowest BCUT2D eigenvalue weighted by molar-refractivity contribution is 0.107. The first-order chi connectivity index (χ1) is 25.2. The van der Waals surface area contributed by atoms with Crippen LogP contribution in [0.4, 0.5) is 28.8 Å². The largest absolute Gasteiger partial charge is 0.461 e. The first-order valence-corrected chi connectivity index (χ1v) is 18.4. The maximum absolute atomic E-state index is 17.1. The number of amides is 1. The highest BCUT2D eigenvalue weighted by Gasteiger charge is 2.49. The number of nitrogen functional groups attached to an aromatic ring is 1. The Bertz CT molecular complexity index is 2230. The molecule has 3 N–H and O–H groups in total. The molecule has 12 nitrogen and oxygen atoms in total. The van der Waals surface area contributed by atoms with Crippen LogP contribution in [0.1, 0.15) is 44.1 Å². The minimum Gasteiger partial charge on any atom is -0.461 e. The SMILES string of the molecule is N#Cc1c(N)sc2c(F)ccc(-c3c(Cl)cc4c(N5CCC[C@@H](CCNC(=O)n6cncn6)C5)nc(OC[C@@]56CCCN5C[C@H](F)C6)nc4c3F)c12. The number of hydrogen-bond acceptors (Lipinski definition) is 11. The summed E-state index contributed by atoms with van der Waals surface area (Å²) in [7, 11) is 0. The third-order valence-electron chi connectivity index (χ3n) is 10.5.